The van der Waals surface area contributed by atoms with Crippen LogP contribution in [0.25, 0.3) is 0 Å². The monoisotopic (exact) mass is 318 g/mol. The van der Waals surface area contributed by atoms with E-state index in [1.165, 1.54) is 17.7 Å². The predicted molar refractivity (Wildman–Crippen MR) is 77.2 cm³/mol. The summed E-state index contributed by atoms with van der Waals surface area (Å²) >= 11 is 0. The summed E-state index contributed by atoms with van der Waals surface area (Å²) in [6.07, 6.45) is 0.509. The number of piperidine rings is 1. The topological polar surface area (TPSA) is 32.3 Å². The van der Waals surface area contributed by atoms with Crippen molar-refractivity contribution >= 4 is 5.91 Å². The maximum Gasteiger partial charge on any atom is 0.394 e. The minimum Gasteiger partial charge on any atom is -0.337 e. The zero-order chi connectivity index (χ0) is 16.1. The molecule has 3 atom stereocenters. The van der Waals surface area contributed by atoms with E-state index in [4.69, 9.17) is 0 Å². The minimum absolute atomic E-state index is 0.0275. The van der Waals surface area contributed by atoms with Crippen molar-refractivity contribution in [1.82, 2.24) is 10.2 Å². The first-order chi connectivity index (χ1) is 10.2. The molecule has 3 rings (SSSR count). The summed E-state index contributed by atoms with van der Waals surface area (Å²) in [5, 5.41) is 3.53. The number of fused-ring (bicyclic) bond motifs is 2. The summed E-state index contributed by atoms with van der Waals surface area (Å²) in [7, 11) is 0. The first-order valence-corrected chi connectivity index (χ1v) is 8.31. The summed E-state index contributed by atoms with van der Waals surface area (Å²) in [5.74, 6) is -1.18. The SMILES string of the molecule is CC1(C)C(C(F)(F)F)CCN1C(=O)CC1CC2CCC(C1)N2. The van der Waals surface area contributed by atoms with E-state index in [1.807, 2.05) is 0 Å². The van der Waals surface area contributed by atoms with Crippen molar-refractivity contribution in [3.05, 3.63) is 0 Å². The molecule has 3 aliphatic heterocycles. The van der Waals surface area contributed by atoms with E-state index in [1.54, 1.807) is 13.8 Å². The van der Waals surface area contributed by atoms with Crippen molar-refractivity contribution in [2.75, 3.05) is 6.54 Å². The molecule has 3 heterocycles. The number of halogens is 3. The van der Waals surface area contributed by atoms with Crippen molar-refractivity contribution in [2.45, 2.75) is 76.2 Å². The summed E-state index contributed by atoms with van der Waals surface area (Å²) in [5.41, 5.74) is -1.12. The number of carbonyl (C=O) groups excluding carboxylic acids is 1. The molecule has 2 bridgehead atoms. The summed E-state index contributed by atoms with van der Waals surface area (Å²) < 4.78 is 39.3. The van der Waals surface area contributed by atoms with Gasteiger partial charge in [0.05, 0.1) is 5.92 Å². The molecule has 3 aliphatic rings. The quantitative estimate of drug-likeness (QED) is 0.848. The lowest BCUT2D eigenvalue weighted by atomic mass is 9.86. The van der Waals surface area contributed by atoms with Crippen LogP contribution in [0.5, 0.6) is 0 Å². The molecule has 1 N–H and O–H groups in total. The number of alkyl halides is 3. The fourth-order valence-corrected chi connectivity index (χ4v) is 4.80. The Kier molecular flexibility index (Phi) is 3.94. The highest BCUT2D eigenvalue weighted by Crippen LogP contribution is 2.45. The Morgan fingerprint density at radius 1 is 1.18 bits per heavy atom. The van der Waals surface area contributed by atoms with Crippen LogP contribution in [0.2, 0.25) is 0 Å². The number of hydrogen-bond donors (Lipinski definition) is 1. The zero-order valence-corrected chi connectivity index (χ0v) is 13.2. The molecule has 0 aromatic heterocycles. The van der Waals surface area contributed by atoms with Gasteiger partial charge in [-0.05, 0) is 51.9 Å². The number of carbonyl (C=O) groups is 1. The molecule has 0 aromatic carbocycles. The molecular weight excluding hydrogens is 293 g/mol. The molecule has 3 nitrogen and oxygen atoms in total. The van der Waals surface area contributed by atoms with E-state index in [-0.39, 0.29) is 18.9 Å². The number of likely N-dealkylation sites (tertiary alicyclic amines) is 1. The lowest BCUT2D eigenvalue weighted by molar-refractivity contribution is -0.192. The number of hydrogen-bond acceptors (Lipinski definition) is 2. The maximum atomic E-state index is 13.1. The molecule has 0 spiro atoms. The Labute approximate surface area is 129 Å². The van der Waals surface area contributed by atoms with Crippen LogP contribution in [0.4, 0.5) is 13.2 Å². The van der Waals surface area contributed by atoms with Gasteiger partial charge >= 0.3 is 6.18 Å². The van der Waals surface area contributed by atoms with E-state index in [2.05, 4.69) is 5.32 Å². The molecule has 0 aliphatic carbocycles. The van der Waals surface area contributed by atoms with Crippen LogP contribution in [-0.2, 0) is 4.79 Å². The third-order valence-corrected chi connectivity index (χ3v) is 5.92. The predicted octanol–water partition coefficient (Wildman–Crippen LogP) is 3.10. The van der Waals surface area contributed by atoms with Gasteiger partial charge < -0.3 is 10.2 Å². The van der Waals surface area contributed by atoms with Gasteiger partial charge in [-0.25, -0.2) is 0 Å². The van der Waals surface area contributed by atoms with E-state index < -0.39 is 17.6 Å². The lowest BCUT2D eigenvalue weighted by Crippen LogP contribution is -2.50. The van der Waals surface area contributed by atoms with Crippen LogP contribution < -0.4 is 5.32 Å². The third-order valence-electron chi connectivity index (χ3n) is 5.92. The van der Waals surface area contributed by atoms with E-state index >= 15 is 0 Å². The van der Waals surface area contributed by atoms with Crippen molar-refractivity contribution in [1.29, 1.82) is 0 Å². The minimum atomic E-state index is -4.23. The number of nitrogens with zero attached hydrogens (tertiary/aromatic N) is 1. The molecule has 0 aromatic rings. The van der Waals surface area contributed by atoms with Gasteiger partial charge in [0.2, 0.25) is 5.91 Å². The van der Waals surface area contributed by atoms with Crippen molar-refractivity contribution < 1.29 is 18.0 Å². The molecule has 22 heavy (non-hydrogen) atoms. The molecular formula is C16H25F3N2O. The average molecular weight is 318 g/mol. The van der Waals surface area contributed by atoms with E-state index in [0.29, 0.717) is 24.4 Å². The van der Waals surface area contributed by atoms with Crippen LogP contribution in [0.3, 0.4) is 0 Å². The molecule has 0 radical (unpaired) electrons. The van der Waals surface area contributed by atoms with E-state index in [0.717, 1.165) is 12.8 Å². The summed E-state index contributed by atoms with van der Waals surface area (Å²) in [6, 6.07) is 1.01. The molecule has 1 amide bonds. The second-order valence-corrected chi connectivity index (χ2v) is 7.76. The Morgan fingerprint density at radius 2 is 1.77 bits per heavy atom. The smallest absolute Gasteiger partial charge is 0.337 e. The second kappa shape index (κ2) is 5.39. The maximum absolute atomic E-state index is 13.1. The average Bonchev–Trinajstić information content (AvgIpc) is 2.87. The van der Waals surface area contributed by atoms with Gasteiger partial charge in [-0.2, -0.15) is 13.2 Å². The van der Waals surface area contributed by atoms with Gasteiger partial charge in [-0.1, -0.05) is 0 Å². The lowest BCUT2D eigenvalue weighted by Gasteiger charge is -2.38. The van der Waals surface area contributed by atoms with Gasteiger partial charge in [-0.3, -0.25) is 4.79 Å². The normalized spacial score (nSPS) is 37.6. The summed E-state index contributed by atoms with van der Waals surface area (Å²) in [4.78, 5) is 14.1. The van der Waals surface area contributed by atoms with Crippen LogP contribution in [0, 0.1) is 11.8 Å². The Hall–Kier alpha value is -0.780. The highest BCUT2D eigenvalue weighted by atomic mass is 19.4. The second-order valence-electron chi connectivity index (χ2n) is 7.76. The van der Waals surface area contributed by atoms with Gasteiger partial charge in [0.25, 0.3) is 0 Å². The van der Waals surface area contributed by atoms with Crippen LogP contribution in [0.15, 0.2) is 0 Å². The number of amides is 1. The Morgan fingerprint density at radius 3 is 2.27 bits per heavy atom. The van der Waals surface area contributed by atoms with Crippen molar-refractivity contribution in [3.8, 4) is 0 Å². The van der Waals surface area contributed by atoms with Crippen molar-refractivity contribution in [3.63, 3.8) is 0 Å². The number of rotatable bonds is 2. The van der Waals surface area contributed by atoms with E-state index in [9.17, 15) is 18.0 Å². The molecule has 3 fully saturated rings. The Balaban J connectivity index is 1.63. The van der Waals surface area contributed by atoms with Crippen LogP contribution in [-0.4, -0.2) is 41.2 Å². The number of nitrogens with one attached hydrogen (secondary N) is 1. The van der Waals surface area contributed by atoms with Crippen LogP contribution >= 0.6 is 0 Å². The van der Waals surface area contributed by atoms with Gasteiger partial charge in [0, 0.05) is 30.6 Å². The Bertz CT molecular complexity index is 437. The molecule has 126 valence electrons. The van der Waals surface area contributed by atoms with Gasteiger partial charge in [0.1, 0.15) is 0 Å². The molecule has 3 saturated heterocycles. The van der Waals surface area contributed by atoms with Crippen molar-refractivity contribution in [2.24, 2.45) is 11.8 Å². The molecule has 0 saturated carbocycles. The largest absolute Gasteiger partial charge is 0.394 e. The van der Waals surface area contributed by atoms with Gasteiger partial charge in [-0.15, -0.1) is 0 Å². The highest BCUT2D eigenvalue weighted by molar-refractivity contribution is 5.77. The zero-order valence-electron chi connectivity index (χ0n) is 13.2. The third kappa shape index (κ3) is 2.86. The highest BCUT2D eigenvalue weighted by Gasteiger charge is 2.56. The fourth-order valence-electron chi connectivity index (χ4n) is 4.80. The first-order valence-electron chi connectivity index (χ1n) is 8.31. The van der Waals surface area contributed by atoms with Gasteiger partial charge in [0.15, 0.2) is 0 Å². The van der Waals surface area contributed by atoms with Crippen LogP contribution in [0.1, 0.15) is 52.4 Å². The first kappa shape index (κ1) is 16.1. The molecule has 6 heteroatoms. The standard InChI is InChI=1S/C16H25F3N2O/c1-15(2)13(16(17,18)19)5-6-21(15)14(22)9-10-7-11-3-4-12(8-10)20-11/h10-13,20H,3-9H2,1-2H3. The fraction of sp³-hybridized carbons (Fsp3) is 0.938. The molecule has 3 unspecified atom stereocenters. The summed E-state index contributed by atoms with van der Waals surface area (Å²) in [6.45, 7) is 3.35.